The maximum Gasteiger partial charge on any atom is 0.326 e. The maximum absolute atomic E-state index is 13.6. The van der Waals surface area contributed by atoms with Crippen LogP contribution in [0.2, 0.25) is 0 Å². The molecule has 0 radical (unpaired) electrons. The van der Waals surface area contributed by atoms with Gasteiger partial charge in [0.2, 0.25) is 11.8 Å². The molecule has 2 bridgehead atoms. The SMILES string of the molecule is N[C@@H](Cc1ccccc1)C(=O)N[C@H]1[C@@H](C(=O)N[C@@H](Cc2ccccc2)C(=O)O)[C@@H]2C[C@H]1c1ccccc12. The van der Waals surface area contributed by atoms with Gasteiger partial charge in [0.1, 0.15) is 6.04 Å². The van der Waals surface area contributed by atoms with Gasteiger partial charge in [-0.2, -0.15) is 0 Å². The number of aliphatic carboxylic acids is 1. The molecule has 2 aliphatic rings. The van der Waals surface area contributed by atoms with Gasteiger partial charge in [-0.1, -0.05) is 84.9 Å². The maximum atomic E-state index is 13.6. The Hall–Kier alpha value is -3.97. The Bertz CT molecular complexity index is 1280. The Balaban J connectivity index is 1.36. The van der Waals surface area contributed by atoms with Gasteiger partial charge in [-0.25, -0.2) is 4.79 Å². The van der Waals surface area contributed by atoms with E-state index < -0.39 is 30.0 Å². The predicted octanol–water partition coefficient (Wildman–Crippen LogP) is 2.75. The zero-order chi connectivity index (χ0) is 25.9. The van der Waals surface area contributed by atoms with Crippen molar-refractivity contribution < 1.29 is 19.5 Å². The van der Waals surface area contributed by atoms with Crippen LogP contribution < -0.4 is 16.4 Å². The highest BCUT2D eigenvalue weighted by molar-refractivity contribution is 5.89. The summed E-state index contributed by atoms with van der Waals surface area (Å²) in [5.41, 5.74) is 10.3. The van der Waals surface area contributed by atoms with Gasteiger partial charge in [-0.15, -0.1) is 0 Å². The lowest BCUT2D eigenvalue weighted by Gasteiger charge is -2.33. The number of hydrogen-bond donors (Lipinski definition) is 4. The number of fused-ring (bicyclic) bond motifs is 5. The predicted molar refractivity (Wildman–Crippen MR) is 140 cm³/mol. The van der Waals surface area contributed by atoms with E-state index >= 15 is 0 Å². The minimum atomic E-state index is -1.09. The molecule has 3 aromatic rings. The monoisotopic (exact) mass is 497 g/mol. The fraction of sp³-hybridized carbons (Fsp3) is 0.300. The summed E-state index contributed by atoms with van der Waals surface area (Å²) in [5, 5.41) is 15.7. The smallest absolute Gasteiger partial charge is 0.326 e. The molecule has 1 saturated carbocycles. The van der Waals surface area contributed by atoms with Crippen molar-refractivity contribution in [1.29, 1.82) is 0 Å². The van der Waals surface area contributed by atoms with Crippen LogP contribution in [0, 0.1) is 5.92 Å². The van der Waals surface area contributed by atoms with Gasteiger partial charge in [-0.3, -0.25) is 9.59 Å². The van der Waals surface area contributed by atoms with Crippen molar-refractivity contribution in [2.24, 2.45) is 11.7 Å². The number of benzene rings is 3. The van der Waals surface area contributed by atoms with Crippen LogP contribution in [0.15, 0.2) is 84.9 Å². The zero-order valence-electron chi connectivity index (χ0n) is 20.4. The number of carbonyl (C=O) groups excluding carboxylic acids is 2. The van der Waals surface area contributed by atoms with Crippen LogP contribution in [0.25, 0.3) is 0 Å². The van der Waals surface area contributed by atoms with Crippen LogP contribution in [0.1, 0.15) is 40.5 Å². The molecule has 0 aliphatic heterocycles. The molecule has 0 saturated heterocycles. The van der Waals surface area contributed by atoms with Crippen LogP contribution >= 0.6 is 0 Å². The van der Waals surface area contributed by atoms with E-state index in [1.54, 1.807) is 0 Å². The molecule has 5 N–H and O–H groups in total. The van der Waals surface area contributed by atoms with Gasteiger partial charge in [0.25, 0.3) is 0 Å². The third kappa shape index (κ3) is 5.13. The largest absolute Gasteiger partial charge is 0.480 e. The lowest BCUT2D eigenvalue weighted by Crippen LogP contribution is -2.55. The second-order valence-electron chi connectivity index (χ2n) is 10.0. The van der Waals surface area contributed by atoms with Crippen molar-refractivity contribution in [3.05, 3.63) is 107 Å². The second-order valence-corrected chi connectivity index (χ2v) is 10.0. The number of nitrogens with two attached hydrogens (primary N) is 1. The van der Waals surface area contributed by atoms with Gasteiger partial charge < -0.3 is 21.5 Å². The average molecular weight is 498 g/mol. The standard InChI is InChI=1S/C30H31N3O4/c31-24(15-18-9-3-1-4-10-18)28(34)33-27-23-17-22(20-13-7-8-14-21(20)23)26(27)29(35)32-25(30(36)37)16-19-11-5-2-6-12-19/h1-14,22-27H,15-17,31H2,(H,32,35)(H,33,34)(H,36,37)/t22-,23+,24+,25+,26+,27-/m1/s1. The van der Waals surface area contributed by atoms with Crippen molar-refractivity contribution in [3.8, 4) is 0 Å². The molecule has 0 spiro atoms. The zero-order valence-corrected chi connectivity index (χ0v) is 20.4. The lowest BCUT2D eigenvalue weighted by molar-refractivity contribution is -0.142. The molecule has 5 rings (SSSR count). The highest BCUT2D eigenvalue weighted by Gasteiger charge is 2.54. The summed E-state index contributed by atoms with van der Waals surface area (Å²) < 4.78 is 0. The van der Waals surface area contributed by atoms with Crippen molar-refractivity contribution >= 4 is 17.8 Å². The molecule has 7 nitrogen and oxygen atoms in total. The third-order valence-corrected chi connectivity index (χ3v) is 7.70. The highest BCUT2D eigenvalue weighted by atomic mass is 16.4. The summed E-state index contributed by atoms with van der Waals surface area (Å²) in [7, 11) is 0. The molecule has 6 atom stereocenters. The summed E-state index contributed by atoms with van der Waals surface area (Å²) in [6, 6.07) is 24.5. The fourth-order valence-corrected chi connectivity index (χ4v) is 5.98. The van der Waals surface area contributed by atoms with E-state index in [2.05, 4.69) is 10.6 Å². The van der Waals surface area contributed by atoms with Crippen LogP contribution in [0.3, 0.4) is 0 Å². The Kier molecular flexibility index (Phi) is 7.06. The number of amides is 2. The fourth-order valence-electron chi connectivity index (χ4n) is 5.98. The average Bonchev–Trinajstić information content (AvgIpc) is 3.46. The van der Waals surface area contributed by atoms with Crippen molar-refractivity contribution in [3.63, 3.8) is 0 Å². The first-order valence-corrected chi connectivity index (χ1v) is 12.7. The molecule has 7 heteroatoms. The van der Waals surface area contributed by atoms with E-state index in [0.29, 0.717) is 6.42 Å². The number of carboxylic acids is 1. The number of nitrogens with one attached hydrogen (secondary N) is 2. The number of rotatable bonds is 9. The topological polar surface area (TPSA) is 122 Å². The summed E-state index contributed by atoms with van der Waals surface area (Å²) in [6.45, 7) is 0. The molecular formula is C30H31N3O4. The Labute approximate surface area is 216 Å². The van der Waals surface area contributed by atoms with Crippen LogP contribution in [-0.2, 0) is 27.2 Å². The van der Waals surface area contributed by atoms with Crippen LogP contribution in [-0.4, -0.2) is 41.0 Å². The summed E-state index contributed by atoms with van der Waals surface area (Å²) in [5.74, 6) is -2.45. The molecule has 0 heterocycles. The molecule has 1 fully saturated rings. The van der Waals surface area contributed by atoms with E-state index in [9.17, 15) is 19.5 Å². The van der Waals surface area contributed by atoms with Crippen molar-refractivity contribution in [1.82, 2.24) is 10.6 Å². The number of hydrogen-bond acceptors (Lipinski definition) is 4. The molecule has 3 aromatic carbocycles. The van der Waals surface area contributed by atoms with Gasteiger partial charge >= 0.3 is 5.97 Å². The van der Waals surface area contributed by atoms with Crippen molar-refractivity contribution in [2.75, 3.05) is 0 Å². The van der Waals surface area contributed by atoms with Crippen molar-refractivity contribution in [2.45, 2.75) is 49.2 Å². The van der Waals surface area contributed by atoms with Gasteiger partial charge in [-0.05, 0) is 41.0 Å². The van der Waals surface area contributed by atoms with E-state index in [-0.39, 0.29) is 30.1 Å². The first-order valence-electron chi connectivity index (χ1n) is 12.7. The Morgan fingerprint density at radius 3 is 1.95 bits per heavy atom. The molecular weight excluding hydrogens is 466 g/mol. The van der Waals surface area contributed by atoms with Crippen LogP contribution in [0.4, 0.5) is 0 Å². The Morgan fingerprint density at radius 2 is 1.35 bits per heavy atom. The van der Waals surface area contributed by atoms with E-state index in [1.165, 1.54) is 0 Å². The van der Waals surface area contributed by atoms with Crippen LogP contribution in [0.5, 0.6) is 0 Å². The first-order chi connectivity index (χ1) is 17.9. The number of carboxylic acid groups (broad SMARTS) is 1. The quantitative estimate of drug-likeness (QED) is 0.362. The van der Waals surface area contributed by atoms with E-state index in [4.69, 9.17) is 5.73 Å². The minimum Gasteiger partial charge on any atom is -0.480 e. The molecule has 2 aliphatic carbocycles. The van der Waals surface area contributed by atoms with E-state index in [1.807, 2.05) is 84.9 Å². The summed E-state index contributed by atoms with van der Waals surface area (Å²) in [6.07, 6.45) is 1.30. The first kappa shape index (κ1) is 24.7. The minimum absolute atomic E-state index is 0.0257. The molecule has 2 amide bonds. The third-order valence-electron chi connectivity index (χ3n) is 7.70. The van der Waals surface area contributed by atoms with Gasteiger partial charge in [0.15, 0.2) is 0 Å². The molecule has 37 heavy (non-hydrogen) atoms. The second kappa shape index (κ2) is 10.6. The Morgan fingerprint density at radius 1 is 0.811 bits per heavy atom. The molecule has 190 valence electrons. The highest BCUT2D eigenvalue weighted by Crippen LogP contribution is 2.56. The van der Waals surface area contributed by atoms with Gasteiger partial charge in [0, 0.05) is 18.4 Å². The molecule has 0 unspecified atom stereocenters. The van der Waals surface area contributed by atoms with Gasteiger partial charge in [0.05, 0.1) is 12.0 Å². The summed E-state index contributed by atoms with van der Waals surface area (Å²) >= 11 is 0. The lowest BCUT2D eigenvalue weighted by atomic mass is 9.79. The summed E-state index contributed by atoms with van der Waals surface area (Å²) in [4.78, 5) is 38.8. The van der Waals surface area contributed by atoms with E-state index in [0.717, 1.165) is 28.7 Å². The number of carbonyl (C=O) groups is 3. The molecule has 0 aromatic heterocycles. The normalized spacial score (nSPS) is 23.1.